The summed E-state index contributed by atoms with van der Waals surface area (Å²) in [6.45, 7) is 0. The molecule has 0 amide bonds. The summed E-state index contributed by atoms with van der Waals surface area (Å²) in [6, 6.07) is 5.04. The van der Waals surface area contributed by atoms with Crippen molar-refractivity contribution in [2.45, 2.75) is 0 Å². The Bertz CT molecular complexity index is 245. The van der Waals surface area contributed by atoms with E-state index in [1.807, 2.05) is 0 Å². The lowest BCUT2D eigenvalue weighted by Gasteiger charge is -1.89. The minimum atomic E-state index is -0.514. The van der Waals surface area contributed by atoms with Crippen molar-refractivity contribution >= 4 is 5.69 Å². The zero-order valence-electron chi connectivity index (χ0n) is 6.02. The fraction of sp³-hybridized carbons (Fsp3) is 0. The van der Waals surface area contributed by atoms with Crippen molar-refractivity contribution in [3.8, 4) is 5.75 Å². The van der Waals surface area contributed by atoms with Gasteiger partial charge in [-0.3, -0.25) is 10.1 Å². The molecule has 0 saturated heterocycles. The van der Waals surface area contributed by atoms with Crippen molar-refractivity contribution in [2.24, 2.45) is 0 Å². The van der Waals surface area contributed by atoms with E-state index in [0.29, 0.717) is 0 Å². The lowest BCUT2D eigenvalue weighted by atomic mass is 10.3. The third kappa shape index (κ3) is 2.95. The number of hydrogen-bond acceptors (Lipinski definition) is 3. The molecular weight excluding hydrogens is 166 g/mol. The van der Waals surface area contributed by atoms with Crippen molar-refractivity contribution < 1.29 is 21.0 Å². The largest absolute Gasteiger partial charge is 0.508 e. The van der Waals surface area contributed by atoms with E-state index in [4.69, 9.17) is 5.11 Å². The van der Waals surface area contributed by atoms with Crippen LogP contribution in [0.1, 0.15) is 0 Å². The topological polar surface area (TPSA) is 126 Å². The van der Waals surface area contributed by atoms with Gasteiger partial charge < -0.3 is 16.1 Å². The van der Waals surface area contributed by atoms with Crippen LogP contribution in [0.25, 0.3) is 0 Å². The Kier molecular flexibility index (Phi) is 5.46. The molecular formula is C6H9NO5. The smallest absolute Gasteiger partial charge is 0.269 e. The van der Waals surface area contributed by atoms with Gasteiger partial charge in [-0.05, 0) is 12.1 Å². The molecule has 1 aromatic rings. The molecule has 0 unspecified atom stereocenters. The molecule has 1 rings (SSSR count). The minimum absolute atomic E-state index is 0. The first-order valence-corrected chi connectivity index (χ1v) is 2.63. The number of hydrogen-bond donors (Lipinski definition) is 1. The van der Waals surface area contributed by atoms with E-state index in [0.717, 1.165) is 0 Å². The number of nitro benzene ring substituents is 1. The SMILES string of the molecule is O.O.O=[N+]([O-])c1ccc(O)cc1. The average Bonchev–Trinajstić information content (AvgIpc) is 1.88. The highest BCUT2D eigenvalue weighted by molar-refractivity contribution is 5.34. The second kappa shape index (κ2) is 5.05. The maximum atomic E-state index is 10.0. The summed E-state index contributed by atoms with van der Waals surface area (Å²) in [7, 11) is 0. The Morgan fingerprint density at radius 3 is 1.92 bits per heavy atom. The molecule has 0 aliphatic carbocycles. The molecule has 0 bridgehead atoms. The number of benzene rings is 1. The number of non-ortho nitro benzene ring substituents is 1. The molecule has 68 valence electrons. The van der Waals surface area contributed by atoms with Gasteiger partial charge in [-0.25, -0.2) is 0 Å². The van der Waals surface area contributed by atoms with Crippen LogP contribution < -0.4 is 0 Å². The van der Waals surface area contributed by atoms with Gasteiger partial charge in [0.25, 0.3) is 5.69 Å². The first-order valence-electron chi connectivity index (χ1n) is 2.63. The fourth-order valence-corrected chi connectivity index (χ4v) is 0.574. The first-order chi connectivity index (χ1) is 4.70. The van der Waals surface area contributed by atoms with Gasteiger partial charge in [0.15, 0.2) is 0 Å². The van der Waals surface area contributed by atoms with Crippen LogP contribution in [-0.2, 0) is 0 Å². The van der Waals surface area contributed by atoms with Gasteiger partial charge in [0.1, 0.15) is 5.75 Å². The van der Waals surface area contributed by atoms with Crippen molar-refractivity contribution in [3.63, 3.8) is 0 Å². The number of nitrogens with zero attached hydrogens (tertiary/aromatic N) is 1. The second-order valence-corrected chi connectivity index (χ2v) is 1.77. The highest BCUT2D eigenvalue weighted by atomic mass is 16.6. The third-order valence-electron chi connectivity index (χ3n) is 1.06. The molecule has 1 aromatic carbocycles. The summed E-state index contributed by atoms with van der Waals surface area (Å²) in [5, 5.41) is 18.8. The maximum absolute atomic E-state index is 10.0. The van der Waals surface area contributed by atoms with Crippen LogP contribution in [0, 0.1) is 10.1 Å². The van der Waals surface area contributed by atoms with Crippen LogP contribution >= 0.6 is 0 Å². The first kappa shape index (κ1) is 13.0. The van der Waals surface area contributed by atoms with Crippen molar-refractivity contribution in [1.29, 1.82) is 0 Å². The predicted octanol–water partition coefficient (Wildman–Crippen LogP) is -0.349. The molecule has 0 radical (unpaired) electrons. The van der Waals surface area contributed by atoms with Crippen molar-refractivity contribution in [3.05, 3.63) is 34.4 Å². The Labute approximate surface area is 67.8 Å². The number of nitro groups is 1. The Morgan fingerprint density at radius 2 is 1.58 bits per heavy atom. The van der Waals surface area contributed by atoms with E-state index in [1.54, 1.807) is 0 Å². The Hall–Kier alpha value is -1.66. The average molecular weight is 175 g/mol. The number of phenolic OH excluding ortho intramolecular Hbond substituents is 1. The number of aromatic hydroxyl groups is 1. The van der Waals surface area contributed by atoms with E-state index in [-0.39, 0.29) is 22.4 Å². The maximum Gasteiger partial charge on any atom is 0.269 e. The summed E-state index contributed by atoms with van der Waals surface area (Å²) in [5.74, 6) is 0.0330. The molecule has 0 spiro atoms. The lowest BCUT2D eigenvalue weighted by molar-refractivity contribution is -0.384. The van der Waals surface area contributed by atoms with E-state index in [2.05, 4.69) is 0 Å². The molecule has 0 aliphatic heterocycles. The third-order valence-corrected chi connectivity index (χ3v) is 1.06. The molecule has 6 nitrogen and oxygen atoms in total. The molecule has 0 fully saturated rings. The number of rotatable bonds is 1. The van der Waals surface area contributed by atoms with Gasteiger partial charge in [0.05, 0.1) is 4.92 Å². The van der Waals surface area contributed by atoms with Crippen LogP contribution in [0.4, 0.5) is 5.69 Å². The molecule has 0 aliphatic rings. The van der Waals surface area contributed by atoms with Crippen molar-refractivity contribution in [2.75, 3.05) is 0 Å². The zero-order chi connectivity index (χ0) is 7.56. The molecule has 0 saturated carbocycles. The summed E-state index contributed by atoms with van der Waals surface area (Å²) in [5.41, 5.74) is -0.0159. The molecule has 12 heavy (non-hydrogen) atoms. The van der Waals surface area contributed by atoms with E-state index < -0.39 is 4.92 Å². The molecule has 6 heteroatoms. The summed E-state index contributed by atoms with van der Waals surface area (Å²) in [6.07, 6.45) is 0. The quantitative estimate of drug-likeness (QED) is 0.462. The molecule has 0 aromatic heterocycles. The predicted molar refractivity (Wildman–Crippen MR) is 42.0 cm³/mol. The number of phenols is 1. The minimum Gasteiger partial charge on any atom is -0.508 e. The van der Waals surface area contributed by atoms with Gasteiger partial charge in [-0.15, -0.1) is 0 Å². The summed E-state index contributed by atoms with van der Waals surface area (Å²) >= 11 is 0. The highest BCUT2D eigenvalue weighted by Crippen LogP contribution is 2.14. The Morgan fingerprint density at radius 1 is 1.17 bits per heavy atom. The lowest BCUT2D eigenvalue weighted by Crippen LogP contribution is -1.85. The van der Waals surface area contributed by atoms with E-state index >= 15 is 0 Å². The fourth-order valence-electron chi connectivity index (χ4n) is 0.574. The molecule has 5 N–H and O–H groups in total. The van der Waals surface area contributed by atoms with Crippen LogP contribution in [0.2, 0.25) is 0 Å². The second-order valence-electron chi connectivity index (χ2n) is 1.77. The highest BCUT2D eigenvalue weighted by Gasteiger charge is 2.01. The van der Waals surface area contributed by atoms with E-state index in [9.17, 15) is 10.1 Å². The van der Waals surface area contributed by atoms with E-state index in [1.165, 1.54) is 24.3 Å². The van der Waals surface area contributed by atoms with Crippen LogP contribution in [0.5, 0.6) is 5.75 Å². The summed E-state index contributed by atoms with van der Waals surface area (Å²) in [4.78, 5) is 9.52. The van der Waals surface area contributed by atoms with Crippen molar-refractivity contribution in [1.82, 2.24) is 0 Å². The summed E-state index contributed by atoms with van der Waals surface area (Å²) < 4.78 is 0. The normalized spacial score (nSPS) is 7.67. The molecule has 0 heterocycles. The van der Waals surface area contributed by atoms with Crippen LogP contribution in [-0.4, -0.2) is 21.0 Å². The Balaban J connectivity index is 0. The zero-order valence-corrected chi connectivity index (χ0v) is 6.02. The van der Waals surface area contributed by atoms with Crippen LogP contribution in [0.3, 0.4) is 0 Å². The van der Waals surface area contributed by atoms with Gasteiger partial charge in [-0.1, -0.05) is 0 Å². The standard InChI is InChI=1S/C6H5NO3.2H2O/c8-6-3-1-5(2-4-6)7(9)10;;/h1-4,8H;2*1H2. The monoisotopic (exact) mass is 175 g/mol. The van der Waals surface area contributed by atoms with Gasteiger partial charge in [0.2, 0.25) is 0 Å². The molecule has 0 atom stereocenters. The van der Waals surface area contributed by atoms with Gasteiger partial charge in [0, 0.05) is 12.1 Å². The van der Waals surface area contributed by atoms with Gasteiger partial charge >= 0.3 is 0 Å². The van der Waals surface area contributed by atoms with Crippen LogP contribution in [0.15, 0.2) is 24.3 Å². The van der Waals surface area contributed by atoms with Gasteiger partial charge in [-0.2, -0.15) is 0 Å².